The molecular weight excluding hydrogens is 460 g/mol. The lowest BCUT2D eigenvalue weighted by Gasteiger charge is -2.10. The summed E-state index contributed by atoms with van der Waals surface area (Å²) in [7, 11) is 0. The van der Waals surface area contributed by atoms with Crippen LogP contribution in [0.3, 0.4) is 0 Å². The Morgan fingerprint density at radius 2 is 1.79 bits per heavy atom. The number of amides is 2. The Bertz CT molecular complexity index is 1310. The number of carbonyl (C=O) groups excluding carboxylic acids is 2. The van der Waals surface area contributed by atoms with Crippen molar-refractivity contribution in [1.29, 1.82) is 0 Å². The maximum Gasteiger partial charge on any atom is 0.287 e. The van der Waals surface area contributed by atoms with E-state index < -0.39 is 16.7 Å². The van der Waals surface area contributed by atoms with Gasteiger partial charge in [-0.05, 0) is 48.9 Å². The number of nitro benzene ring substituents is 1. The van der Waals surface area contributed by atoms with Gasteiger partial charge >= 0.3 is 0 Å². The van der Waals surface area contributed by atoms with Gasteiger partial charge in [-0.3, -0.25) is 19.7 Å². The van der Waals surface area contributed by atoms with Gasteiger partial charge < -0.3 is 10.4 Å². The van der Waals surface area contributed by atoms with Gasteiger partial charge in [-0.25, -0.2) is 5.43 Å². The molecule has 0 aromatic heterocycles. The fraction of sp³-hybridized carbons (Fsp3) is 0.0417. The zero-order valence-electron chi connectivity index (χ0n) is 17.9. The summed E-state index contributed by atoms with van der Waals surface area (Å²) in [6.07, 6.45) is 1.30. The van der Waals surface area contributed by atoms with Crippen LogP contribution in [0.5, 0.6) is 5.75 Å². The largest absolute Gasteiger partial charge is 0.507 e. The fourth-order valence-electron chi connectivity index (χ4n) is 2.89. The SMILES string of the molecule is CC(=NNC(=O)C(=Cc1cccc([N+](=O)[O-])c1)NC(=O)c1ccccc1)c1cc(Cl)ccc1O. The molecule has 0 aliphatic carbocycles. The smallest absolute Gasteiger partial charge is 0.287 e. The number of benzene rings is 3. The topological polar surface area (TPSA) is 134 Å². The molecule has 0 atom stereocenters. The molecule has 0 heterocycles. The molecule has 3 N–H and O–H groups in total. The Hall–Kier alpha value is -4.50. The Labute approximate surface area is 199 Å². The lowest BCUT2D eigenvalue weighted by Crippen LogP contribution is -2.33. The van der Waals surface area contributed by atoms with Crippen LogP contribution in [-0.2, 0) is 4.79 Å². The van der Waals surface area contributed by atoms with E-state index in [0.29, 0.717) is 21.7 Å². The van der Waals surface area contributed by atoms with Crippen molar-refractivity contribution in [3.63, 3.8) is 0 Å². The molecule has 0 aliphatic heterocycles. The van der Waals surface area contributed by atoms with Crippen LogP contribution >= 0.6 is 11.6 Å². The second-order valence-electron chi connectivity index (χ2n) is 7.03. The molecule has 0 saturated heterocycles. The van der Waals surface area contributed by atoms with Gasteiger partial charge in [0.15, 0.2) is 0 Å². The predicted molar refractivity (Wildman–Crippen MR) is 128 cm³/mol. The Morgan fingerprint density at radius 3 is 2.50 bits per heavy atom. The van der Waals surface area contributed by atoms with Gasteiger partial charge in [0.05, 0.1) is 10.6 Å². The Morgan fingerprint density at radius 1 is 1.06 bits per heavy atom. The Kier molecular flexibility index (Phi) is 7.73. The molecule has 9 nitrogen and oxygen atoms in total. The van der Waals surface area contributed by atoms with Crippen molar-refractivity contribution >= 4 is 40.9 Å². The van der Waals surface area contributed by atoms with E-state index in [1.54, 1.807) is 43.3 Å². The molecule has 0 bridgehead atoms. The first-order chi connectivity index (χ1) is 16.2. The first-order valence-corrected chi connectivity index (χ1v) is 10.3. The summed E-state index contributed by atoms with van der Waals surface area (Å²) >= 11 is 5.96. The average Bonchev–Trinajstić information content (AvgIpc) is 2.84. The second-order valence-corrected chi connectivity index (χ2v) is 7.47. The average molecular weight is 479 g/mol. The van der Waals surface area contributed by atoms with Gasteiger partial charge in [-0.2, -0.15) is 5.10 Å². The molecule has 0 radical (unpaired) electrons. The van der Waals surface area contributed by atoms with Crippen molar-refractivity contribution < 1.29 is 19.6 Å². The highest BCUT2D eigenvalue weighted by molar-refractivity contribution is 6.31. The maximum absolute atomic E-state index is 12.9. The number of halogens is 1. The first-order valence-electron chi connectivity index (χ1n) is 9.90. The van der Waals surface area contributed by atoms with Crippen LogP contribution in [0.25, 0.3) is 6.08 Å². The van der Waals surface area contributed by atoms with Crippen LogP contribution < -0.4 is 10.7 Å². The summed E-state index contributed by atoms with van der Waals surface area (Å²) in [5, 5.41) is 28.0. The van der Waals surface area contributed by atoms with Gasteiger partial charge in [0, 0.05) is 28.3 Å². The molecule has 3 aromatic carbocycles. The van der Waals surface area contributed by atoms with E-state index in [-0.39, 0.29) is 22.8 Å². The third-order valence-corrected chi connectivity index (χ3v) is 4.83. The van der Waals surface area contributed by atoms with Crippen molar-refractivity contribution in [2.75, 3.05) is 0 Å². The third-order valence-electron chi connectivity index (χ3n) is 4.59. The van der Waals surface area contributed by atoms with E-state index >= 15 is 0 Å². The number of hydrazone groups is 1. The summed E-state index contributed by atoms with van der Waals surface area (Å²) in [5.74, 6) is -1.41. The highest BCUT2D eigenvalue weighted by Crippen LogP contribution is 2.22. The minimum Gasteiger partial charge on any atom is -0.507 e. The summed E-state index contributed by atoms with van der Waals surface area (Å²) in [6.45, 7) is 1.55. The molecule has 34 heavy (non-hydrogen) atoms. The highest BCUT2D eigenvalue weighted by atomic mass is 35.5. The summed E-state index contributed by atoms with van der Waals surface area (Å²) in [4.78, 5) is 36.1. The second kappa shape index (κ2) is 10.9. The maximum atomic E-state index is 12.9. The quantitative estimate of drug-likeness (QED) is 0.202. The van der Waals surface area contributed by atoms with Gasteiger partial charge in [0.2, 0.25) is 0 Å². The molecule has 0 saturated carbocycles. The number of nitrogens with zero attached hydrogens (tertiary/aromatic N) is 2. The molecule has 0 aliphatic rings. The van der Waals surface area contributed by atoms with E-state index in [9.17, 15) is 24.8 Å². The fourth-order valence-corrected chi connectivity index (χ4v) is 3.06. The standard InChI is InChI=1S/C24H19ClN4O5/c1-15(20-14-18(25)10-11-22(20)30)27-28-24(32)21(26-23(31)17-7-3-2-4-8-17)13-16-6-5-9-19(12-16)29(33)34/h2-14,30H,1H3,(H,26,31)(H,28,32). The highest BCUT2D eigenvalue weighted by Gasteiger charge is 2.16. The molecule has 3 rings (SSSR count). The van der Waals surface area contributed by atoms with Crippen LogP contribution in [0.15, 0.2) is 83.6 Å². The van der Waals surface area contributed by atoms with Crippen molar-refractivity contribution in [1.82, 2.24) is 10.7 Å². The lowest BCUT2D eigenvalue weighted by atomic mass is 10.1. The van der Waals surface area contributed by atoms with Gasteiger partial charge in [0.1, 0.15) is 11.4 Å². The normalized spacial score (nSPS) is 11.6. The van der Waals surface area contributed by atoms with Crippen LogP contribution in [0.2, 0.25) is 5.02 Å². The van der Waals surface area contributed by atoms with Crippen molar-refractivity contribution in [2.45, 2.75) is 6.92 Å². The van der Waals surface area contributed by atoms with Gasteiger partial charge in [-0.1, -0.05) is 41.9 Å². The van der Waals surface area contributed by atoms with Crippen molar-refractivity contribution in [3.05, 3.63) is 110 Å². The number of aromatic hydroxyl groups is 1. The summed E-state index contributed by atoms with van der Waals surface area (Å²) in [6, 6.07) is 18.2. The van der Waals surface area contributed by atoms with Crippen molar-refractivity contribution in [2.24, 2.45) is 5.10 Å². The lowest BCUT2D eigenvalue weighted by molar-refractivity contribution is -0.384. The number of nitro groups is 1. The minimum atomic E-state index is -0.781. The summed E-state index contributed by atoms with van der Waals surface area (Å²) < 4.78 is 0. The molecule has 0 spiro atoms. The van der Waals surface area contributed by atoms with Crippen LogP contribution in [0.1, 0.15) is 28.4 Å². The summed E-state index contributed by atoms with van der Waals surface area (Å²) in [5.41, 5.74) is 3.16. The number of phenolic OH excluding ortho intramolecular Hbond substituents is 1. The van der Waals surface area contributed by atoms with E-state index in [1.807, 2.05) is 0 Å². The number of rotatable bonds is 7. The third kappa shape index (κ3) is 6.27. The van der Waals surface area contributed by atoms with Gasteiger partial charge in [-0.15, -0.1) is 0 Å². The zero-order chi connectivity index (χ0) is 24.7. The number of phenols is 1. The number of hydrogen-bond donors (Lipinski definition) is 3. The monoisotopic (exact) mass is 478 g/mol. The molecule has 3 aromatic rings. The van der Waals surface area contributed by atoms with E-state index in [2.05, 4.69) is 15.8 Å². The molecule has 172 valence electrons. The van der Waals surface area contributed by atoms with E-state index in [0.717, 1.165) is 0 Å². The first kappa shape index (κ1) is 24.1. The van der Waals surface area contributed by atoms with Gasteiger partial charge in [0.25, 0.3) is 17.5 Å². The molecule has 0 fully saturated rings. The molecule has 0 unspecified atom stereocenters. The van der Waals surface area contributed by atoms with E-state index in [1.165, 1.54) is 42.5 Å². The number of nitrogens with one attached hydrogen (secondary N) is 2. The van der Waals surface area contributed by atoms with Crippen LogP contribution in [-0.4, -0.2) is 27.6 Å². The molecule has 10 heteroatoms. The number of hydrogen-bond acceptors (Lipinski definition) is 6. The van der Waals surface area contributed by atoms with Crippen LogP contribution in [0.4, 0.5) is 5.69 Å². The number of non-ortho nitro benzene ring substituents is 1. The Balaban J connectivity index is 1.91. The molecular formula is C24H19ClN4O5. The van der Waals surface area contributed by atoms with E-state index in [4.69, 9.17) is 11.6 Å². The zero-order valence-corrected chi connectivity index (χ0v) is 18.6. The van der Waals surface area contributed by atoms with Crippen molar-refractivity contribution in [3.8, 4) is 5.75 Å². The number of carbonyl (C=O) groups is 2. The van der Waals surface area contributed by atoms with Crippen LogP contribution in [0, 0.1) is 10.1 Å². The minimum absolute atomic E-state index is 0.0790. The predicted octanol–water partition coefficient (Wildman–Crippen LogP) is 4.27. The molecule has 2 amide bonds.